The molecule has 0 unspecified atom stereocenters. The molecule has 0 aromatic rings. The molecule has 114 valence electrons. The minimum absolute atomic E-state index is 0.191. The van der Waals surface area contributed by atoms with Crippen LogP contribution in [0.5, 0.6) is 0 Å². The fourth-order valence-corrected chi connectivity index (χ4v) is 7.65. The summed E-state index contributed by atoms with van der Waals surface area (Å²) < 4.78 is 0. The van der Waals surface area contributed by atoms with Crippen molar-refractivity contribution in [3.05, 3.63) is 0 Å². The molecule has 2 nitrogen and oxygen atoms in total. The number of aliphatic hydroxyl groups excluding tert-OH is 1. The molecule has 0 aromatic carbocycles. The molecule has 9 heteroatoms. The fourth-order valence-electron chi connectivity index (χ4n) is 0.785. The predicted octanol–water partition coefficient (Wildman–Crippen LogP) is 4.06. The number of rotatable bonds is 14. The summed E-state index contributed by atoms with van der Waals surface area (Å²) in [5.74, 6) is 2.77. The van der Waals surface area contributed by atoms with Gasteiger partial charge in [0.25, 0.3) is 0 Å². The smallest absolute Gasteiger partial charge is 0.199 e. The van der Waals surface area contributed by atoms with Crippen molar-refractivity contribution in [2.75, 3.05) is 49.8 Å². The van der Waals surface area contributed by atoms with Gasteiger partial charge in [0.05, 0.1) is 11.7 Å². The summed E-state index contributed by atoms with van der Waals surface area (Å²) in [6, 6.07) is 0. The van der Waals surface area contributed by atoms with Crippen molar-refractivity contribution in [1.82, 2.24) is 0 Å². The third-order valence-electron chi connectivity index (χ3n) is 1.52. The molecule has 0 radical (unpaired) electrons. The highest BCUT2D eigenvalue weighted by molar-refractivity contribution is 8.27. The Hall–Kier alpha value is 2.08. The van der Waals surface area contributed by atoms with Gasteiger partial charge in [-0.2, -0.15) is 11.8 Å². The fraction of sp³-hybridized carbons (Fsp3) is 0.900. The highest BCUT2D eigenvalue weighted by Gasteiger charge is 2.03. The van der Waals surface area contributed by atoms with Crippen molar-refractivity contribution >= 4 is 87.4 Å². The van der Waals surface area contributed by atoms with Crippen molar-refractivity contribution in [3.63, 3.8) is 0 Å². The average Bonchev–Trinajstić information content (AvgIpc) is 2.41. The molecule has 0 aliphatic carbocycles. The standard InChI is InChI=1S/C10H20O2S7/c1-13-6-17-8-18-7-16-4-10(12)19-9-15-3-2-14-5-11/h11H,2-9H2,1H3. The predicted molar refractivity (Wildman–Crippen MR) is 105 cm³/mol. The maximum Gasteiger partial charge on any atom is 0.199 e. The third-order valence-corrected chi connectivity index (χ3v) is 9.48. The van der Waals surface area contributed by atoms with Crippen LogP contribution in [0.2, 0.25) is 0 Å². The summed E-state index contributed by atoms with van der Waals surface area (Å²) in [7, 11) is 0. The van der Waals surface area contributed by atoms with Crippen molar-refractivity contribution in [2.24, 2.45) is 0 Å². The first-order valence-corrected chi connectivity index (χ1v) is 13.6. The van der Waals surface area contributed by atoms with E-state index in [-0.39, 0.29) is 11.1 Å². The zero-order valence-corrected chi connectivity index (χ0v) is 16.6. The van der Waals surface area contributed by atoms with Crippen LogP contribution in [0, 0.1) is 0 Å². The maximum atomic E-state index is 11.5. The number of aliphatic hydroxyl groups is 1. The van der Waals surface area contributed by atoms with Crippen LogP contribution in [0.4, 0.5) is 0 Å². The van der Waals surface area contributed by atoms with Gasteiger partial charge in [0.1, 0.15) is 0 Å². The highest BCUT2D eigenvalue weighted by Crippen LogP contribution is 2.22. The van der Waals surface area contributed by atoms with Crippen molar-refractivity contribution in [3.8, 4) is 0 Å². The first-order chi connectivity index (χ1) is 9.31. The number of hydrogen-bond donors (Lipinski definition) is 1. The number of thioether (sulfide) groups is 7. The van der Waals surface area contributed by atoms with E-state index in [9.17, 15) is 4.79 Å². The number of hydrogen-bond acceptors (Lipinski definition) is 9. The van der Waals surface area contributed by atoms with E-state index in [1.165, 1.54) is 23.5 Å². The molecule has 0 rings (SSSR count). The van der Waals surface area contributed by atoms with E-state index in [0.717, 1.165) is 31.8 Å². The van der Waals surface area contributed by atoms with Gasteiger partial charge >= 0.3 is 0 Å². The van der Waals surface area contributed by atoms with Gasteiger partial charge < -0.3 is 5.11 Å². The lowest BCUT2D eigenvalue weighted by molar-refractivity contribution is -0.108. The van der Waals surface area contributed by atoms with Crippen LogP contribution in [0.15, 0.2) is 0 Å². The normalized spacial score (nSPS) is 10.8. The summed E-state index contributed by atoms with van der Waals surface area (Å²) in [4.78, 5) is 11.5. The molecule has 0 spiro atoms. The molecule has 0 amide bonds. The highest BCUT2D eigenvalue weighted by atomic mass is 32.2. The first kappa shape index (κ1) is 21.1. The zero-order chi connectivity index (χ0) is 14.2. The first-order valence-electron chi connectivity index (χ1n) is 5.45. The molecule has 0 aliphatic rings. The summed E-state index contributed by atoms with van der Waals surface area (Å²) >= 11 is 12.1. The van der Waals surface area contributed by atoms with E-state index < -0.39 is 0 Å². The van der Waals surface area contributed by atoms with Gasteiger partial charge in [-0.15, -0.1) is 58.8 Å². The van der Waals surface area contributed by atoms with Gasteiger partial charge in [-0.05, 0) is 6.26 Å². The van der Waals surface area contributed by atoms with E-state index in [0.29, 0.717) is 5.75 Å². The van der Waals surface area contributed by atoms with E-state index in [1.807, 2.05) is 35.3 Å². The molecule has 0 bridgehead atoms. The monoisotopic (exact) mass is 396 g/mol. The van der Waals surface area contributed by atoms with Crippen molar-refractivity contribution < 1.29 is 9.90 Å². The molecule has 0 heterocycles. The minimum atomic E-state index is 0.191. The molecule has 0 aliphatic heterocycles. The van der Waals surface area contributed by atoms with E-state index >= 15 is 0 Å². The Kier molecular flexibility index (Phi) is 20.1. The van der Waals surface area contributed by atoms with Crippen LogP contribution in [0.3, 0.4) is 0 Å². The second-order valence-corrected chi connectivity index (χ2v) is 11.5. The van der Waals surface area contributed by atoms with E-state index in [4.69, 9.17) is 5.11 Å². The molecule has 1 N–H and O–H groups in total. The average molecular weight is 397 g/mol. The summed E-state index contributed by atoms with van der Waals surface area (Å²) in [5.41, 5.74) is 0. The lowest BCUT2D eigenvalue weighted by Gasteiger charge is -2.02. The van der Waals surface area contributed by atoms with Gasteiger partial charge in [0.15, 0.2) is 5.12 Å². The van der Waals surface area contributed by atoms with Gasteiger partial charge in [-0.1, -0.05) is 11.8 Å². The Morgan fingerprint density at radius 1 is 0.895 bits per heavy atom. The topological polar surface area (TPSA) is 37.3 Å². The quantitative estimate of drug-likeness (QED) is 0.345. The van der Waals surface area contributed by atoms with Crippen LogP contribution in [0.1, 0.15) is 0 Å². The third kappa shape index (κ3) is 18.0. The SMILES string of the molecule is CSCSCSCSCC(=O)SCSCCSCO. The van der Waals surface area contributed by atoms with Crippen LogP contribution >= 0.6 is 82.3 Å². The number of carbonyl (C=O) groups is 1. The Morgan fingerprint density at radius 2 is 1.58 bits per heavy atom. The molecule has 0 aromatic heterocycles. The van der Waals surface area contributed by atoms with E-state index in [1.54, 1.807) is 23.5 Å². The Labute approximate surface area is 146 Å². The van der Waals surface area contributed by atoms with Crippen molar-refractivity contribution in [2.45, 2.75) is 0 Å². The largest absolute Gasteiger partial charge is 0.386 e. The van der Waals surface area contributed by atoms with Gasteiger partial charge in [0.2, 0.25) is 0 Å². The Balaban J connectivity index is 3.13. The molecule has 0 saturated heterocycles. The minimum Gasteiger partial charge on any atom is -0.386 e. The molecule has 0 fully saturated rings. The Bertz CT molecular complexity index is 206. The molecule has 0 saturated carbocycles. The summed E-state index contributed by atoms with van der Waals surface area (Å²) in [6.07, 6.45) is 2.11. The van der Waals surface area contributed by atoms with Gasteiger partial charge in [0, 0.05) is 31.8 Å². The van der Waals surface area contributed by atoms with Crippen LogP contribution in [-0.2, 0) is 4.79 Å². The second kappa shape index (κ2) is 18.1. The zero-order valence-electron chi connectivity index (χ0n) is 10.9. The molecule has 0 atom stereocenters. The van der Waals surface area contributed by atoms with Crippen LogP contribution < -0.4 is 0 Å². The van der Waals surface area contributed by atoms with Gasteiger partial charge in [-0.3, -0.25) is 4.79 Å². The Morgan fingerprint density at radius 3 is 2.32 bits per heavy atom. The summed E-state index contributed by atoms with van der Waals surface area (Å²) in [6.45, 7) is 0. The van der Waals surface area contributed by atoms with Crippen molar-refractivity contribution in [1.29, 1.82) is 0 Å². The molecular weight excluding hydrogens is 377 g/mol. The second-order valence-electron chi connectivity index (χ2n) is 2.98. The molecule has 19 heavy (non-hydrogen) atoms. The lowest BCUT2D eigenvalue weighted by Crippen LogP contribution is -1.97. The van der Waals surface area contributed by atoms with E-state index in [2.05, 4.69) is 6.26 Å². The van der Waals surface area contributed by atoms with Gasteiger partial charge in [-0.25, -0.2) is 0 Å². The summed E-state index contributed by atoms with van der Waals surface area (Å²) in [5, 5.41) is 13.0. The lowest BCUT2D eigenvalue weighted by atomic mass is 10.9. The number of carbonyl (C=O) groups excluding carboxylic acids is 1. The van der Waals surface area contributed by atoms with Crippen LogP contribution in [-0.4, -0.2) is 60.0 Å². The van der Waals surface area contributed by atoms with Crippen LogP contribution in [0.25, 0.3) is 0 Å². The molecular formula is C10H20O2S7. The maximum absolute atomic E-state index is 11.5.